The van der Waals surface area contributed by atoms with Crippen molar-refractivity contribution in [2.24, 2.45) is 0 Å². The summed E-state index contributed by atoms with van der Waals surface area (Å²) < 4.78 is 37.4. The van der Waals surface area contributed by atoms with Crippen LogP contribution >= 0.6 is 0 Å². The van der Waals surface area contributed by atoms with Crippen molar-refractivity contribution in [3.8, 4) is 5.75 Å². The Hall–Kier alpha value is -2.42. The molecule has 1 amide bonds. The number of carbonyl (C=O) groups excluding carboxylic acids is 1. The van der Waals surface area contributed by atoms with E-state index in [9.17, 15) is 13.2 Å². The predicted molar refractivity (Wildman–Crippen MR) is 110 cm³/mol. The third-order valence-corrected chi connectivity index (χ3v) is 6.68. The molecule has 7 nitrogen and oxygen atoms in total. The average molecular weight is 419 g/mol. The minimum absolute atomic E-state index is 0.176. The Bertz CT molecular complexity index is 921. The van der Waals surface area contributed by atoms with Crippen molar-refractivity contribution in [2.45, 2.75) is 24.8 Å². The Labute approximate surface area is 171 Å². The molecule has 3 rings (SSSR count). The summed E-state index contributed by atoms with van der Waals surface area (Å²) in [6, 6.07) is 13.4. The largest absolute Gasteiger partial charge is 0.494 e. The van der Waals surface area contributed by atoms with E-state index in [4.69, 9.17) is 9.47 Å². The number of morpholine rings is 1. The van der Waals surface area contributed by atoms with Gasteiger partial charge in [-0.1, -0.05) is 12.1 Å². The zero-order valence-electron chi connectivity index (χ0n) is 16.6. The Morgan fingerprint density at radius 3 is 2.31 bits per heavy atom. The van der Waals surface area contributed by atoms with Crippen LogP contribution in [0.4, 0.5) is 0 Å². The second-order valence-corrected chi connectivity index (χ2v) is 8.68. The summed E-state index contributed by atoms with van der Waals surface area (Å²) in [5.74, 6) is 0.522. The highest BCUT2D eigenvalue weighted by Crippen LogP contribution is 2.20. The minimum Gasteiger partial charge on any atom is -0.494 e. The van der Waals surface area contributed by atoms with Crippen LogP contribution in [0.5, 0.6) is 5.75 Å². The van der Waals surface area contributed by atoms with Crippen molar-refractivity contribution < 1.29 is 22.7 Å². The maximum absolute atomic E-state index is 12.7. The first-order valence-corrected chi connectivity index (χ1v) is 11.1. The summed E-state index contributed by atoms with van der Waals surface area (Å²) >= 11 is 0. The molecule has 1 heterocycles. The molecule has 0 bridgehead atoms. The molecule has 0 spiro atoms. The van der Waals surface area contributed by atoms with Crippen LogP contribution in [0.15, 0.2) is 53.4 Å². The van der Waals surface area contributed by atoms with Crippen LogP contribution in [-0.2, 0) is 14.8 Å². The number of rotatable bonds is 7. The van der Waals surface area contributed by atoms with E-state index in [1.807, 2.05) is 38.1 Å². The lowest BCUT2D eigenvalue weighted by atomic mass is 10.1. The van der Waals surface area contributed by atoms with Gasteiger partial charge >= 0.3 is 0 Å². The van der Waals surface area contributed by atoms with Gasteiger partial charge in [0.2, 0.25) is 10.0 Å². The van der Waals surface area contributed by atoms with Crippen molar-refractivity contribution in [3.05, 3.63) is 59.7 Å². The topological polar surface area (TPSA) is 84.9 Å². The van der Waals surface area contributed by atoms with Gasteiger partial charge in [-0.15, -0.1) is 0 Å². The fourth-order valence-corrected chi connectivity index (χ4v) is 4.50. The molecule has 1 saturated heterocycles. The maximum atomic E-state index is 12.7. The van der Waals surface area contributed by atoms with Gasteiger partial charge in [0.25, 0.3) is 5.91 Å². The first-order chi connectivity index (χ1) is 13.9. The third-order valence-electron chi connectivity index (χ3n) is 4.76. The number of benzene rings is 2. The summed E-state index contributed by atoms with van der Waals surface area (Å²) in [5, 5.41) is 2.93. The molecule has 1 unspecified atom stereocenters. The second-order valence-electron chi connectivity index (χ2n) is 6.74. The van der Waals surface area contributed by atoms with Gasteiger partial charge in [0.15, 0.2) is 0 Å². The number of carbonyl (C=O) groups is 1. The lowest BCUT2D eigenvalue weighted by molar-refractivity contribution is 0.0730. The van der Waals surface area contributed by atoms with Crippen molar-refractivity contribution in [3.63, 3.8) is 0 Å². The van der Waals surface area contributed by atoms with Gasteiger partial charge in [-0.05, 0) is 55.8 Å². The molecule has 29 heavy (non-hydrogen) atoms. The van der Waals surface area contributed by atoms with E-state index in [0.717, 1.165) is 11.3 Å². The Kier molecular flexibility index (Phi) is 6.89. The van der Waals surface area contributed by atoms with E-state index in [2.05, 4.69) is 5.32 Å². The monoisotopic (exact) mass is 418 g/mol. The number of hydrogen-bond acceptors (Lipinski definition) is 5. The van der Waals surface area contributed by atoms with E-state index in [0.29, 0.717) is 38.5 Å². The van der Waals surface area contributed by atoms with Crippen molar-refractivity contribution in [2.75, 3.05) is 32.9 Å². The molecule has 1 N–H and O–H groups in total. The van der Waals surface area contributed by atoms with Crippen LogP contribution in [0.1, 0.15) is 35.8 Å². The molecule has 8 heteroatoms. The van der Waals surface area contributed by atoms with Crippen molar-refractivity contribution in [1.82, 2.24) is 9.62 Å². The van der Waals surface area contributed by atoms with Gasteiger partial charge in [-0.3, -0.25) is 4.79 Å². The fourth-order valence-electron chi connectivity index (χ4n) is 3.10. The third kappa shape index (κ3) is 5.14. The van der Waals surface area contributed by atoms with Crippen LogP contribution in [-0.4, -0.2) is 51.5 Å². The molecule has 1 aliphatic rings. The van der Waals surface area contributed by atoms with E-state index < -0.39 is 10.0 Å². The highest BCUT2D eigenvalue weighted by molar-refractivity contribution is 7.89. The van der Waals surface area contributed by atoms with E-state index in [1.54, 1.807) is 0 Å². The molecule has 2 aromatic rings. The smallest absolute Gasteiger partial charge is 0.251 e. The minimum atomic E-state index is -3.57. The number of nitrogens with zero attached hydrogens (tertiary/aromatic N) is 1. The van der Waals surface area contributed by atoms with Gasteiger partial charge in [-0.2, -0.15) is 4.31 Å². The standard InChI is InChI=1S/C21H26N2O5S/c1-3-28-19-8-4-17(5-9-19)16(2)22-21(24)18-6-10-20(11-7-18)29(25,26)23-12-14-27-15-13-23/h4-11,16H,3,12-15H2,1-2H3,(H,22,24). The highest BCUT2D eigenvalue weighted by Gasteiger charge is 2.26. The maximum Gasteiger partial charge on any atom is 0.251 e. The lowest BCUT2D eigenvalue weighted by Gasteiger charge is -2.26. The first kappa shape index (κ1) is 21.3. The Morgan fingerprint density at radius 2 is 1.72 bits per heavy atom. The zero-order valence-corrected chi connectivity index (χ0v) is 17.4. The first-order valence-electron chi connectivity index (χ1n) is 9.63. The number of amides is 1. The van der Waals surface area contributed by atoms with E-state index in [-0.39, 0.29) is 16.8 Å². The van der Waals surface area contributed by atoms with Gasteiger partial charge in [0, 0.05) is 18.7 Å². The SMILES string of the molecule is CCOc1ccc(C(C)NC(=O)c2ccc(S(=O)(=O)N3CCOCC3)cc2)cc1. The van der Waals surface area contributed by atoms with Crippen LogP contribution in [0.3, 0.4) is 0 Å². The molecule has 1 atom stereocenters. The van der Waals surface area contributed by atoms with Crippen LogP contribution in [0.2, 0.25) is 0 Å². The normalized spacial score (nSPS) is 16.2. The molecule has 0 saturated carbocycles. The van der Waals surface area contributed by atoms with Gasteiger partial charge in [0.05, 0.1) is 30.8 Å². The number of nitrogens with one attached hydrogen (secondary N) is 1. The van der Waals surface area contributed by atoms with Crippen LogP contribution in [0, 0.1) is 0 Å². The highest BCUT2D eigenvalue weighted by atomic mass is 32.2. The summed E-state index contributed by atoms with van der Waals surface area (Å²) in [6.07, 6.45) is 0. The molecule has 0 radical (unpaired) electrons. The van der Waals surface area contributed by atoms with Crippen LogP contribution in [0.25, 0.3) is 0 Å². The zero-order chi connectivity index (χ0) is 20.9. The molecule has 1 aliphatic heterocycles. The van der Waals surface area contributed by atoms with Crippen molar-refractivity contribution in [1.29, 1.82) is 0 Å². The summed E-state index contributed by atoms with van der Waals surface area (Å²) in [5.41, 5.74) is 1.36. The molecule has 1 fully saturated rings. The summed E-state index contributed by atoms with van der Waals surface area (Å²) in [4.78, 5) is 12.7. The second kappa shape index (κ2) is 9.39. The van der Waals surface area contributed by atoms with E-state index >= 15 is 0 Å². The number of ether oxygens (including phenoxy) is 2. The van der Waals surface area contributed by atoms with Gasteiger partial charge in [-0.25, -0.2) is 8.42 Å². The molecular formula is C21H26N2O5S. The van der Waals surface area contributed by atoms with Gasteiger partial charge < -0.3 is 14.8 Å². The Morgan fingerprint density at radius 1 is 1.10 bits per heavy atom. The Balaban J connectivity index is 1.65. The molecule has 0 aromatic heterocycles. The molecular weight excluding hydrogens is 392 g/mol. The quantitative estimate of drug-likeness (QED) is 0.747. The number of sulfonamides is 1. The predicted octanol–water partition coefficient (Wildman–Crippen LogP) is 2.60. The number of hydrogen-bond donors (Lipinski definition) is 1. The van der Waals surface area contributed by atoms with Crippen LogP contribution < -0.4 is 10.1 Å². The average Bonchev–Trinajstić information content (AvgIpc) is 2.75. The van der Waals surface area contributed by atoms with Crippen molar-refractivity contribution >= 4 is 15.9 Å². The molecule has 156 valence electrons. The fraction of sp³-hybridized carbons (Fsp3) is 0.381. The summed E-state index contributed by atoms with van der Waals surface area (Å²) in [7, 11) is -3.57. The van der Waals surface area contributed by atoms with Gasteiger partial charge in [0.1, 0.15) is 5.75 Å². The summed E-state index contributed by atoms with van der Waals surface area (Å²) in [6.45, 7) is 5.88. The van der Waals surface area contributed by atoms with E-state index in [1.165, 1.54) is 28.6 Å². The lowest BCUT2D eigenvalue weighted by Crippen LogP contribution is -2.40. The molecule has 2 aromatic carbocycles. The molecule has 0 aliphatic carbocycles.